The van der Waals surface area contributed by atoms with E-state index in [0.29, 0.717) is 23.9 Å². The van der Waals surface area contributed by atoms with E-state index in [4.69, 9.17) is 9.05 Å². The van der Waals surface area contributed by atoms with Crippen LogP contribution >= 0.6 is 7.82 Å². The lowest BCUT2D eigenvalue weighted by molar-refractivity contribution is -0.870. The third-order valence-corrected chi connectivity index (χ3v) is 15.7. The second-order valence-electron chi connectivity index (χ2n) is 23.1. The number of amides is 1. The molecule has 9 heteroatoms. The zero-order valence-electron chi connectivity index (χ0n) is 48.5. The molecule has 0 heterocycles. The first-order valence-electron chi connectivity index (χ1n) is 31.5. The van der Waals surface area contributed by atoms with Crippen molar-refractivity contribution >= 4 is 13.7 Å². The molecule has 3 atom stereocenters. The van der Waals surface area contributed by atoms with Crippen LogP contribution in [0.5, 0.6) is 0 Å². The molecule has 0 aromatic carbocycles. The van der Waals surface area contributed by atoms with Crippen molar-refractivity contribution in [2.45, 2.75) is 341 Å². The molecule has 71 heavy (non-hydrogen) atoms. The van der Waals surface area contributed by atoms with E-state index in [1.54, 1.807) is 0 Å². The second kappa shape index (κ2) is 54.0. The number of hydrogen-bond acceptors (Lipinski definition) is 6. The van der Waals surface area contributed by atoms with Gasteiger partial charge in [-0.15, -0.1) is 0 Å². The van der Waals surface area contributed by atoms with Gasteiger partial charge < -0.3 is 28.8 Å². The molecule has 0 rings (SSSR count). The number of unbranched alkanes of at least 4 members (excludes halogenated alkanes) is 44. The van der Waals surface area contributed by atoms with Gasteiger partial charge in [0, 0.05) is 6.42 Å². The zero-order valence-corrected chi connectivity index (χ0v) is 49.4. The standard InChI is InChI=1S/C62H125N2O6P/c1-6-8-10-12-14-16-18-20-22-24-26-27-28-29-30-31-32-33-34-35-36-37-38-40-42-44-46-48-50-52-54-56-62(66)63-60(59-70-71(67,68)69-58-57-64(3,4)5)61(65)55-53-51-49-47-45-43-41-39-25-23-21-19-17-15-13-11-9-7-2/h29-30,60-61,65H,6-28,31-59H2,1-5H3,(H-,63,66,67,68)/b30-29-. The number of allylic oxidation sites excluding steroid dienone is 2. The predicted molar refractivity (Wildman–Crippen MR) is 307 cm³/mol. The van der Waals surface area contributed by atoms with Crippen LogP contribution in [0.15, 0.2) is 12.2 Å². The van der Waals surface area contributed by atoms with Crippen molar-refractivity contribution in [3.63, 3.8) is 0 Å². The van der Waals surface area contributed by atoms with Crippen molar-refractivity contribution in [2.75, 3.05) is 40.9 Å². The van der Waals surface area contributed by atoms with Gasteiger partial charge in [0.1, 0.15) is 13.2 Å². The van der Waals surface area contributed by atoms with Gasteiger partial charge in [-0.2, -0.15) is 0 Å². The molecular weight excluding hydrogens is 900 g/mol. The summed E-state index contributed by atoms with van der Waals surface area (Å²) >= 11 is 0. The fourth-order valence-corrected chi connectivity index (χ4v) is 10.5. The first-order valence-corrected chi connectivity index (χ1v) is 33.0. The number of nitrogens with zero attached hydrogens (tertiary/aromatic N) is 1. The SMILES string of the molecule is CCCCCCCCCCCCCC/C=C\CCCCCCCCCCCCCCCCCC(=O)NC(COP(=O)([O-])OCC[N+](C)(C)C)C(O)CCCCCCCCCCCCCCCCCCCC. The van der Waals surface area contributed by atoms with Gasteiger partial charge in [0.15, 0.2) is 0 Å². The fraction of sp³-hybridized carbons (Fsp3) is 0.952. The van der Waals surface area contributed by atoms with Gasteiger partial charge in [-0.25, -0.2) is 0 Å². The Morgan fingerprint density at radius 2 is 0.775 bits per heavy atom. The molecule has 3 unspecified atom stereocenters. The third-order valence-electron chi connectivity index (χ3n) is 14.8. The summed E-state index contributed by atoms with van der Waals surface area (Å²) in [6, 6.07) is -0.798. The Morgan fingerprint density at radius 1 is 0.479 bits per heavy atom. The van der Waals surface area contributed by atoms with E-state index >= 15 is 0 Å². The maximum absolute atomic E-state index is 13.0. The largest absolute Gasteiger partial charge is 0.756 e. The molecule has 0 bridgehead atoms. The van der Waals surface area contributed by atoms with Gasteiger partial charge in [0.05, 0.1) is 39.9 Å². The van der Waals surface area contributed by atoms with Crippen LogP contribution in [-0.4, -0.2) is 68.5 Å². The lowest BCUT2D eigenvalue weighted by Crippen LogP contribution is -2.46. The maximum atomic E-state index is 13.0. The van der Waals surface area contributed by atoms with Crippen LogP contribution in [-0.2, 0) is 18.4 Å². The van der Waals surface area contributed by atoms with Crippen LogP contribution in [0.1, 0.15) is 328 Å². The molecule has 0 saturated carbocycles. The molecule has 0 fully saturated rings. The van der Waals surface area contributed by atoms with E-state index in [-0.39, 0.29) is 19.1 Å². The lowest BCUT2D eigenvalue weighted by Gasteiger charge is -2.30. The van der Waals surface area contributed by atoms with Gasteiger partial charge in [-0.1, -0.05) is 296 Å². The summed E-state index contributed by atoms with van der Waals surface area (Å²) in [6.45, 7) is 4.78. The van der Waals surface area contributed by atoms with Gasteiger partial charge in [0.25, 0.3) is 7.82 Å². The number of carbonyl (C=O) groups excluding carboxylic acids is 1. The molecule has 0 aliphatic carbocycles. The molecule has 424 valence electrons. The average molecular weight is 1030 g/mol. The summed E-state index contributed by atoms with van der Waals surface area (Å²) < 4.78 is 23.5. The molecule has 0 aromatic heterocycles. The van der Waals surface area contributed by atoms with Crippen molar-refractivity contribution in [1.82, 2.24) is 5.32 Å². The topological polar surface area (TPSA) is 108 Å². The van der Waals surface area contributed by atoms with Gasteiger partial charge in [0.2, 0.25) is 5.91 Å². The average Bonchev–Trinajstić information content (AvgIpc) is 3.33. The molecule has 2 N–H and O–H groups in total. The Hall–Kier alpha value is -0.760. The fourth-order valence-electron chi connectivity index (χ4n) is 9.80. The summed E-state index contributed by atoms with van der Waals surface area (Å²) in [5.74, 6) is -0.158. The molecule has 0 spiro atoms. The Morgan fingerprint density at radius 3 is 1.10 bits per heavy atom. The van der Waals surface area contributed by atoms with Crippen molar-refractivity contribution in [2.24, 2.45) is 0 Å². The van der Waals surface area contributed by atoms with Crippen molar-refractivity contribution in [1.29, 1.82) is 0 Å². The van der Waals surface area contributed by atoms with E-state index in [9.17, 15) is 19.4 Å². The summed E-state index contributed by atoms with van der Waals surface area (Å²) in [6.07, 6.45) is 66.9. The molecule has 0 saturated heterocycles. The monoisotopic (exact) mass is 1020 g/mol. The minimum absolute atomic E-state index is 0.0153. The molecule has 1 amide bonds. The molecule has 0 aliphatic rings. The van der Waals surface area contributed by atoms with Crippen LogP contribution in [0.25, 0.3) is 0 Å². The predicted octanol–water partition coefficient (Wildman–Crippen LogP) is 18.8. The minimum Gasteiger partial charge on any atom is -0.756 e. The summed E-state index contributed by atoms with van der Waals surface area (Å²) in [5.41, 5.74) is 0. The van der Waals surface area contributed by atoms with E-state index in [2.05, 4.69) is 31.3 Å². The minimum atomic E-state index is -4.57. The number of hydrogen-bond donors (Lipinski definition) is 2. The first-order chi connectivity index (χ1) is 34.5. The number of rotatable bonds is 59. The molecule has 8 nitrogen and oxygen atoms in total. The first kappa shape index (κ1) is 70.2. The van der Waals surface area contributed by atoms with Gasteiger partial charge in [-0.05, 0) is 38.5 Å². The van der Waals surface area contributed by atoms with E-state index < -0.39 is 20.0 Å². The second-order valence-corrected chi connectivity index (χ2v) is 24.5. The number of nitrogens with one attached hydrogen (secondary N) is 1. The van der Waals surface area contributed by atoms with Crippen LogP contribution in [0.2, 0.25) is 0 Å². The number of quaternary nitrogens is 1. The number of likely N-dealkylation sites (N-methyl/N-ethyl adjacent to an activating group) is 1. The number of aliphatic hydroxyl groups is 1. The Balaban J connectivity index is 4.01. The summed E-state index contributed by atoms with van der Waals surface area (Å²) in [5, 5.41) is 14.0. The third kappa shape index (κ3) is 56.8. The van der Waals surface area contributed by atoms with Crippen LogP contribution in [0, 0.1) is 0 Å². The highest BCUT2D eigenvalue weighted by Crippen LogP contribution is 2.38. The Labute approximate surface area is 443 Å². The van der Waals surface area contributed by atoms with Crippen molar-refractivity contribution in [3.8, 4) is 0 Å². The highest BCUT2D eigenvalue weighted by atomic mass is 31.2. The van der Waals surface area contributed by atoms with Gasteiger partial charge >= 0.3 is 0 Å². The normalized spacial score (nSPS) is 13.8. The van der Waals surface area contributed by atoms with E-state index in [1.165, 1.54) is 263 Å². The smallest absolute Gasteiger partial charge is 0.268 e. The Bertz CT molecular complexity index is 1160. The van der Waals surface area contributed by atoms with Crippen LogP contribution in [0.3, 0.4) is 0 Å². The summed E-state index contributed by atoms with van der Waals surface area (Å²) in [7, 11) is 1.32. The molecule has 0 radical (unpaired) electrons. The molecular formula is C62H125N2O6P. The maximum Gasteiger partial charge on any atom is 0.268 e. The van der Waals surface area contributed by atoms with Gasteiger partial charge in [-0.3, -0.25) is 9.36 Å². The lowest BCUT2D eigenvalue weighted by atomic mass is 10.0. The van der Waals surface area contributed by atoms with Crippen molar-refractivity contribution in [3.05, 3.63) is 12.2 Å². The Kier molecular flexibility index (Phi) is 53.5. The molecule has 0 aromatic rings. The number of phosphoric acid groups is 1. The van der Waals surface area contributed by atoms with E-state index in [1.807, 2.05) is 21.1 Å². The van der Waals surface area contributed by atoms with E-state index in [0.717, 1.165) is 38.5 Å². The highest BCUT2D eigenvalue weighted by Gasteiger charge is 2.24. The molecule has 0 aliphatic heterocycles. The van der Waals surface area contributed by atoms with Crippen LogP contribution in [0.4, 0.5) is 0 Å². The van der Waals surface area contributed by atoms with Crippen molar-refractivity contribution < 1.29 is 32.9 Å². The zero-order chi connectivity index (χ0) is 52.0. The van der Waals surface area contributed by atoms with Crippen LogP contribution < -0.4 is 10.2 Å². The summed E-state index contributed by atoms with van der Waals surface area (Å²) in [4.78, 5) is 25.6. The number of aliphatic hydroxyl groups excluding tert-OH is 1. The number of carbonyl (C=O) groups is 1. The highest BCUT2D eigenvalue weighted by molar-refractivity contribution is 7.45. The number of phosphoric ester groups is 1. The quantitative estimate of drug-likeness (QED) is 0.0272.